The third kappa shape index (κ3) is 5.98. The molecule has 1 aromatic rings. The lowest BCUT2D eigenvalue weighted by molar-refractivity contribution is 0.195. The number of hydrogen-bond acceptors (Lipinski definition) is 3. The lowest BCUT2D eigenvalue weighted by atomic mass is 10.0. The van der Waals surface area contributed by atoms with Crippen LogP contribution in [0, 0.1) is 0 Å². The summed E-state index contributed by atoms with van der Waals surface area (Å²) in [4.78, 5) is 2.61. The van der Waals surface area contributed by atoms with E-state index in [1.54, 1.807) is 0 Å². The van der Waals surface area contributed by atoms with Crippen LogP contribution in [-0.4, -0.2) is 36.7 Å². The van der Waals surface area contributed by atoms with Gasteiger partial charge in [0.25, 0.3) is 0 Å². The predicted octanol–water partition coefficient (Wildman–Crippen LogP) is 3.83. The molecule has 0 aromatic heterocycles. The van der Waals surface area contributed by atoms with Gasteiger partial charge in [0, 0.05) is 12.6 Å². The van der Waals surface area contributed by atoms with Crippen LogP contribution in [0.1, 0.15) is 52.0 Å². The summed E-state index contributed by atoms with van der Waals surface area (Å²) in [7, 11) is 0. The third-order valence-corrected chi connectivity index (χ3v) is 4.31. The van der Waals surface area contributed by atoms with Crippen LogP contribution < -0.4 is 10.1 Å². The predicted molar refractivity (Wildman–Crippen MR) is 93.4 cm³/mol. The molecule has 1 N–H and O–H groups in total. The summed E-state index contributed by atoms with van der Waals surface area (Å²) in [6.45, 7) is 11.1. The summed E-state index contributed by atoms with van der Waals surface area (Å²) in [6, 6.07) is 9.15. The molecule has 0 aliphatic carbocycles. The van der Waals surface area contributed by atoms with Crippen LogP contribution in [0.15, 0.2) is 24.3 Å². The Morgan fingerprint density at radius 1 is 1.18 bits per heavy atom. The van der Waals surface area contributed by atoms with Crippen molar-refractivity contribution >= 4 is 0 Å². The van der Waals surface area contributed by atoms with E-state index in [9.17, 15) is 0 Å². The van der Waals surface area contributed by atoms with Crippen LogP contribution in [0.5, 0.6) is 5.75 Å². The van der Waals surface area contributed by atoms with Crippen LogP contribution in [0.25, 0.3) is 0 Å². The van der Waals surface area contributed by atoms with Gasteiger partial charge in [0.15, 0.2) is 0 Å². The van der Waals surface area contributed by atoms with Gasteiger partial charge in [0.1, 0.15) is 5.75 Å². The maximum absolute atomic E-state index is 5.68. The van der Waals surface area contributed by atoms with E-state index in [0.717, 1.165) is 12.3 Å². The van der Waals surface area contributed by atoms with Gasteiger partial charge in [-0.2, -0.15) is 0 Å². The van der Waals surface area contributed by atoms with E-state index in [1.807, 2.05) is 0 Å². The molecule has 0 radical (unpaired) electrons. The van der Waals surface area contributed by atoms with Gasteiger partial charge in [0.05, 0.1) is 6.10 Å². The monoisotopic (exact) mass is 304 g/mol. The Kier molecular flexibility index (Phi) is 7.20. The SMILES string of the molecule is CCCCN1CCC(NCc2ccc(OC(C)C)cc2)CC1. The van der Waals surface area contributed by atoms with Gasteiger partial charge in [-0.3, -0.25) is 0 Å². The van der Waals surface area contributed by atoms with E-state index in [4.69, 9.17) is 4.74 Å². The molecule has 0 unspecified atom stereocenters. The van der Waals surface area contributed by atoms with Gasteiger partial charge >= 0.3 is 0 Å². The van der Waals surface area contributed by atoms with Crippen molar-refractivity contribution in [2.45, 2.75) is 65.1 Å². The van der Waals surface area contributed by atoms with Crippen molar-refractivity contribution in [2.75, 3.05) is 19.6 Å². The normalized spacial score (nSPS) is 17.1. The lowest BCUT2D eigenvalue weighted by Gasteiger charge is -2.32. The summed E-state index contributed by atoms with van der Waals surface area (Å²) in [5.74, 6) is 0.961. The Morgan fingerprint density at radius 3 is 2.45 bits per heavy atom. The molecule has 0 bridgehead atoms. The zero-order valence-electron chi connectivity index (χ0n) is 14.5. The minimum absolute atomic E-state index is 0.238. The van der Waals surface area contributed by atoms with Crippen molar-refractivity contribution in [2.24, 2.45) is 0 Å². The van der Waals surface area contributed by atoms with E-state index in [1.165, 1.54) is 50.9 Å². The maximum atomic E-state index is 5.68. The van der Waals surface area contributed by atoms with Crippen LogP contribution in [-0.2, 0) is 6.54 Å². The molecule has 1 fully saturated rings. The molecular formula is C19H32N2O. The first-order valence-electron chi connectivity index (χ1n) is 8.88. The molecule has 1 saturated heterocycles. The highest BCUT2D eigenvalue weighted by Gasteiger charge is 2.17. The van der Waals surface area contributed by atoms with E-state index < -0.39 is 0 Å². The minimum atomic E-state index is 0.238. The van der Waals surface area contributed by atoms with Gasteiger partial charge in [-0.15, -0.1) is 0 Å². The number of unbranched alkanes of at least 4 members (excludes halogenated alkanes) is 1. The molecule has 1 aliphatic heterocycles. The van der Waals surface area contributed by atoms with E-state index >= 15 is 0 Å². The number of ether oxygens (including phenoxy) is 1. The quantitative estimate of drug-likeness (QED) is 0.790. The number of rotatable bonds is 8. The first-order valence-corrected chi connectivity index (χ1v) is 8.88. The number of likely N-dealkylation sites (tertiary alicyclic amines) is 1. The average Bonchev–Trinajstić information content (AvgIpc) is 2.53. The number of nitrogens with zero attached hydrogens (tertiary/aromatic N) is 1. The summed E-state index contributed by atoms with van der Waals surface area (Å²) in [5.41, 5.74) is 1.34. The largest absolute Gasteiger partial charge is 0.491 e. The average molecular weight is 304 g/mol. The maximum Gasteiger partial charge on any atom is 0.119 e. The zero-order valence-corrected chi connectivity index (χ0v) is 14.5. The summed E-state index contributed by atoms with van der Waals surface area (Å²) in [6.07, 6.45) is 5.43. The Morgan fingerprint density at radius 2 is 1.86 bits per heavy atom. The van der Waals surface area contributed by atoms with Crippen molar-refractivity contribution in [1.82, 2.24) is 10.2 Å². The summed E-state index contributed by atoms with van der Waals surface area (Å²) >= 11 is 0. The smallest absolute Gasteiger partial charge is 0.119 e. The Bertz CT molecular complexity index is 408. The van der Waals surface area contributed by atoms with E-state index in [0.29, 0.717) is 6.04 Å². The number of nitrogens with one attached hydrogen (secondary N) is 1. The van der Waals surface area contributed by atoms with Crippen molar-refractivity contribution in [3.63, 3.8) is 0 Å². The highest BCUT2D eigenvalue weighted by atomic mass is 16.5. The van der Waals surface area contributed by atoms with Crippen molar-refractivity contribution < 1.29 is 4.74 Å². The number of piperidine rings is 1. The molecule has 124 valence electrons. The molecule has 0 spiro atoms. The van der Waals surface area contributed by atoms with E-state index in [2.05, 4.69) is 55.3 Å². The third-order valence-electron chi connectivity index (χ3n) is 4.31. The van der Waals surface area contributed by atoms with Gasteiger partial charge in [-0.25, -0.2) is 0 Å². The molecule has 1 aromatic carbocycles. The molecule has 1 heterocycles. The van der Waals surface area contributed by atoms with Crippen LogP contribution in [0.4, 0.5) is 0 Å². The number of hydrogen-bond donors (Lipinski definition) is 1. The van der Waals surface area contributed by atoms with Crippen LogP contribution in [0.3, 0.4) is 0 Å². The summed E-state index contributed by atoms with van der Waals surface area (Å²) < 4.78 is 5.68. The fourth-order valence-corrected chi connectivity index (χ4v) is 2.96. The molecule has 0 amide bonds. The molecule has 3 heteroatoms. The second-order valence-electron chi connectivity index (χ2n) is 6.66. The fourth-order valence-electron chi connectivity index (χ4n) is 2.96. The molecule has 1 aliphatic rings. The topological polar surface area (TPSA) is 24.5 Å². The Hall–Kier alpha value is -1.06. The fraction of sp³-hybridized carbons (Fsp3) is 0.684. The molecule has 0 saturated carbocycles. The van der Waals surface area contributed by atoms with E-state index in [-0.39, 0.29) is 6.10 Å². The van der Waals surface area contributed by atoms with Gasteiger partial charge in [-0.05, 0) is 70.4 Å². The molecular weight excluding hydrogens is 272 g/mol. The first kappa shape index (κ1) is 17.3. The van der Waals surface area contributed by atoms with Crippen molar-refractivity contribution in [3.8, 4) is 5.75 Å². The Labute approximate surface area is 136 Å². The van der Waals surface area contributed by atoms with Crippen molar-refractivity contribution in [1.29, 1.82) is 0 Å². The lowest BCUT2D eigenvalue weighted by Crippen LogP contribution is -2.42. The number of benzene rings is 1. The standard InChI is InChI=1S/C19H32N2O/c1-4-5-12-21-13-10-18(11-14-21)20-15-17-6-8-19(9-7-17)22-16(2)3/h6-9,16,18,20H,4-5,10-15H2,1-3H3. The highest BCUT2D eigenvalue weighted by Crippen LogP contribution is 2.15. The minimum Gasteiger partial charge on any atom is -0.491 e. The Balaban J connectivity index is 1.68. The summed E-state index contributed by atoms with van der Waals surface area (Å²) in [5, 5.41) is 3.71. The molecule has 0 atom stereocenters. The second kappa shape index (κ2) is 9.16. The van der Waals surface area contributed by atoms with Gasteiger partial charge in [0.2, 0.25) is 0 Å². The second-order valence-corrected chi connectivity index (χ2v) is 6.66. The first-order chi connectivity index (χ1) is 10.7. The van der Waals surface area contributed by atoms with Gasteiger partial charge < -0.3 is 15.0 Å². The van der Waals surface area contributed by atoms with Crippen molar-refractivity contribution in [3.05, 3.63) is 29.8 Å². The highest BCUT2D eigenvalue weighted by molar-refractivity contribution is 5.27. The molecule has 22 heavy (non-hydrogen) atoms. The van der Waals surface area contributed by atoms with Crippen LogP contribution in [0.2, 0.25) is 0 Å². The molecule has 3 nitrogen and oxygen atoms in total. The van der Waals surface area contributed by atoms with Crippen LogP contribution >= 0.6 is 0 Å². The van der Waals surface area contributed by atoms with Gasteiger partial charge in [-0.1, -0.05) is 25.5 Å². The molecule has 2 rings (SSSR count). The zero-order chi connectivity index (χ0) is 15.8.